The van der Waals surface area contributed by atoms with Crippen LogP contribution < -0.4 is 0 Å². The van der Waals surface area contributed by atoms with Crippen molar-refractivity contribution in [2.75, 3.05) is 26.2 Å². The van der Waals surface area contributed by atoms with Crippen LogP contribution in [-0.2, 0) is 14.8 Å². The molecule has 0 atom stereocenters. The Balaban J connectivity index is 2.16. The van der Waals surface area contributed by atoms with Gasteiger partial charge >= 0.3 is 5.97 Å². The lowest BCUT2D eigenvalue weighted by Gasteiger charge is -2.37. The fourth-order valence-electron chi connectivity index (χ4n) is 3.82. The smallest absolute Gasteiger partial charge is 0.317 e. The normalized spacial score (nSPS) is 17.2. The molecule has 140 valence electrons. The van der Waals surface area contributed by atoms with E-state index in [1.54, 1.807) is 4.31 Å². The van der Waals surface area contributed by atoms with E-state index in [0.29, 0.717) is 37.4 Å². The molecule has 1 aromatic rings. The summed E-state index contributed by atoms with van der Waals surface area (Å²) in [5, 5.41) is 9.01. The molecule has 2 rings (SSSR count). The van der Waals surface area contributed by atoms with Crippen LogP contribution in [0.4, 0.5) is 0 Å². The zero-order valence-corrected chi connectivity index (χ0v) is 16.3. The first kappa shape index (κ1) is 19.9. The predicted octanol–water partition coefficient (Wildman–Crippen LogP) is 2.17. The maximum absolute atomic E-state index is 13.1. The Bertz CT molecular complexity index is 714. The average molecular weight is 368 g/mol. The second-order valence-electron chi connectivity index (χ2n) is 6.82. The number of sulfonamides is 1. The number of carbonyl (C=O) groups is 1. The quantitative estimate of drug-likeness (QED) is 0.833. The highest BCUT2D eigenvalue weighted by Gasteiger charge is 2.33. The van der Waals surface area contributed by atoms with Crippen LogP contribution in [0.5, 0.6) is 0 Å². The zero-order chi connectivity index (χ0) is 18.8. The van der Waals surface area contributed by atoms with Gasteiger partial charge in [-0.15, -0.1) is 0 Å². The lowest BCUT2D eigenvalue weighted by atomic mass is 10.0. The van der Waals surface area contributed by atoms with Crippen LogP contribution in [0, 0.1) is 20.8 Å². The summed E-state index contributed by atoms with van der Waals surface area (Å²) >= 11 is 0. The molecule has 0 aromatic heterocycles. The highest BCUT2D eigenvalue weighted by atomic mass is 32.2. The molecule has 1 aromatic carbocycles. The number of rotatable bonds is 6. The monoisotopic (exact) mass is 368 g/mol. The van der Waals surface area contributed by atoms with Crippen LogP contribution in [0.25, 0.3) is 0 Å². The van der Waals surface area contributed by atoms with Gasteiger partial charge in [0.1, 0.15) is 0 Å². The first-order chi connectivity index (χ1) is 11.7. The van der Waals surface area contributed by atoms with Crippen molar-refractivity contribution in [3.05, 3.63) is 28.8 Å². The third-order valence-corrected chi connectivity index (χ3v) is 7.09. The van der Waals surface area contributed by atoms with Crippen molar-refractivity contribution < 1.29 is 18.3 Å². The summed E-state index contributed by atoms with van der Waals surface area (Å²) in [6.45, 7) is 9.08. The Morgan fingerprint density at radius 3 is 2.16 bits per heavy atom. The minimum atomic E-state index is -3.52. The highest BCUT2D eigenvalue weighted by Crippen LogP contribution is 2.28. The highest BCUT2D eigenvalue weighted by molar-refractivity contribution is 7.89. The number of hydrogen-bond donors (Lipinski definition) is 1. The minimum Gasteiger partial charge on any atom is -0.480 e. The number of carboxylic acids is 1. The van der Waals surface area contributed by atoms with Crippen molar-refractivity contribution in [3.8, 4) is 0 Å². The Hall–Kier alpha value is -1.44. The first-order valence-corrected chi connectivity index (χ1v) is 10.1. The molecule has 1 saturated heterocycles. The molecule has 0 amide bonds. The van der Waals surface area contributed by atoms with Crippen molar-refractivity contribution >= 4 is 16.0 Å². The Morgan fingerprint density at radius 2 is 1.72 bits per heavy atom. The molecule has 0 aliphatic carbocycles. The predicted molar refractivity (Wildman–Crippen MR) is 97.3 cm³/mol. The molecule has 1 heterocycles. The summed E-state index contributed by atoms with van der Waals surface area (Å²) in [5.74, 6) is -0.845. The number of nitrogens with zero attached hydrogens (tertiary/aromatic N) is 2. The van der Waals surface area contributed by atoms with Gasteiger partial charge in [-0.1, -0.05) is 24.6 Å². The molecule has 0 bridgehead atoms. The number of piperidine rings is 1. The lowest BCUT2D eigenvalue weighted by Crippen LogP contribution is -2.48. The van der Waals surface area contributed by atoms with Gasteiger partial charge in [0, 0.05) is 19.1 Å². The maximum atomic E-state index is 13.1. The van der Waals surface area contributed by atoms with Gasteiger partial charge in [-0.2, -0.15) is 4.31 Å². The van der Waals surface area contributed by atoms with Gasteiger partial charge < -0.3 is 5.11 Å². The largest absolute Gasteiger partial charge is 0.480 e. The van der Waals surface area contributed by atoms with Crippen molar-refractivity contribution in [2.24, 2.45) is 0 Å². The van der Waals surface area contributed by atoms with E-state index < -0.39 is 16.0 Å². The van der Waals surface area contributed by atoms with Crippen LogP contribution in [0.1, 0.15) is 36.5 Å². The van der Waals surface area contributed by atoms with Crippen molar-refractivity contribution in [1.82, 2.24) is 9.21 Å². The summed E-state index contributed by atoms with van der Waals surface area (Å²) in [7, 11) is -3.52. The van der Waals surface area contributed by atoms with E-state index in [4.69, 9.17) is 5.11 Å². The number of carboxylic acid groups (broad SMARTS) is 1. The van der Waals surface area contributed by atoms with Gasteiger partial charge in [0.05, 0.1) is 11.4 Å². The standard InChI is InChI=1S/C18H28N2O4S/c1-5-19(12-17(21)22)16-6-8-20(9-7-16)25(23,24)18-14(3)10-13(2)11-15(18)4/h10-11,16H,5-9,12H2,1-4H3,(H,21,22). The average Bonchev–Trinajstić information content (AvgIpc) is 2.51. The molecule has 1 aliphatic rings. The van der Waals surface area contributed by atoms with Gasteiger partial charge in [0.15, 0.2) is 0 Å². The molecule has 0 unspecified atom stereocenters. The van der Waals surface area contributed by atoms with Crippen LogP contribution in [-0.4, -0.2) is 60.9 Å². The Labute approximate surface area is 150 Å². The minimum absolute atomic E-state index is 0.00406. The summed E-state index contributed by atoms with van der Waals surface area (Å²) in [6.07, 6.45) is 1.31. The molecular weight excluding hydrogens is 340 g/mol. The lowest BCUT2D eigenvalue weighted by molar-refractivity contribution is -0.139. The molecule has 0 radical (unpaired) electrons. The van der Waals surface area contributed by atoms with E-state index in [1.807, 2.05) is 44.7 Å². The van der Waals surface area contributed by atoms with Crippen LogP contribution in [0.3, 0.4) is 0 Å². The molecule has 7 heteroatoms. The number of aryl methyl sites for hydroxylation is 3. The first-order valence-electron chi connectivity index (χ1n) is 8.70. The van der Waals surface area contributed by atoms with E-state index in [1.165, 1.54) is 0 Å². The topological polar surface area (TPSA) is 77.9 Å². The van der Waals surface area contributed by atoms with E-state index in [0.717, 1.165) is 16.7 Å². The molecular formula is C18H28N2O4S. The zero-order valence-electron chi connectivity index (χ0n) is 15.4. The number of hydrogen-bond acceptors (Lipinski definition) is 4. The molecule has 6 nitrogen and oxygen atoms in total. The summed E-state index contributed by atoms with van der Waals surface area (Å²) < 4.78 is 27.7. The number of aliphatic carboxylic acids is 1. The third-order valence-electron chi connectivity index (χ3n) is 4.89. The van der Waals surface area contributed by atoms with Gasteiger partial charge in [0.25, 0.3) is 0 Å². The van der Waals surface area contributed by atoms with Crippen molar-refractivity contribution in [2.45, 2.75) is 51.5 Å². The summed E-state index contributed by atoms with van der Waals surface area (Å²) in [4.78, 5) is 13.3. The molecule has 1 aliphatic heterocycles. The fourth-order valence-corrected chi connectivity index (χ4v) is 5.70. The van der Waals surface area contributed by atoms with E-state index in [-0.39, 0.29) is 12.6 Å². The Morgan fingerprint density at radius 1 is 1.20 bits per heavy atom. The summed E-state index contributed by atoms with van der Waals surface area (Å²) in [6, 6.07) is 3.92. The molecule has 25 heavy (non-hydrogen) atoms. The Kier molecular flexibility index (Phi) is 6.24. The molecule has 1 fully saturated rings. The second kappa shape index (κ2) is 7.85. The van der Waals surface area contributed by atoms with Gasteiger partial charge in [-0.25, -0.2) is 8.42 Å². The van der Waals surface area contributed by atoms with Gasteiger partial charge in [-0.05, 0) is 51.3 Å². The number of benzene rings is 1. The third kappa shape index (κ3) is 4.40. The van der Waals surface area contributed by atoms with E-state index in [9.17, 15) is 13.2 Å². The van der Waals surface area contributed by atoms with Gasteiger partial charge in [0.2, 0.25) is 10.0 Å². The van der Waals surface area contributed by atoms with Crippen molar-refractivity contribution in [3.63, 3.8) is 0 Å². The molecule has 0 saturated carbocycles. The number of likely N-dealkylation sites (N-methyl/N-ethyl adjacent to an activating group) is 1. The molecule has 0 spiro atoms. The van der Waals surface area contributed by atoms with Crippen LogP contribution >= 0.6 is 0 Å². The maximum Gasteiger partial charge on any atom is 0.317 e. The summed E-state index contributed by atoms with van der Waals surface area (Å²) in [5.41, 5.74) is 2.61. The van der Waals surface area contributed by atoms with Gasteiger partial charge in [-0.3, -0.25) is 9.69 Å². The fraction of sp³-hybridized carbons (Fsp3) is 0.611. The van der Waals surface area contributed by atoms with Crippen molar-refractivity contribution in [1.29, 1.82) is 0 Å². The SMILES string of the molecule is CCN(CC(=O)O)C1CCN(S(=O)(=O)c2c(C)cc(C)cc2C)CC1. The molecule has 1 N–H and O–H groups in total. The van der Waals surface area contributed by atoms with Crippen LogP contribution in [0.15, 0.2) is 17.0 Å². The van der Waals surface area contributed by atoms with E-state index >= 15 is 0 Å². The second-order valence-corrected chi connectivity index (χ2v) is 8.69. The van der Waals surface area contributed by atoms with Crippen LogP contribution in [0.2, 0.25) is 0 Å². The van der Waals surface area contributed by atoms with E-state index in [2.05, 4.69) is 0 Å².